The largest absolute Gasteiger partial charge is 0.354 e. The van der Waals surface area contributed by atoms with Crippen molar-refractivity contribution in [2.75, 3.05) is 11.9 Å². The number of anilines is 1. The second kappa shape index (κ2) is 6.43. The summed E-state index contributed by atoms with van der Waals surface area (Å²) in [6.45, 7) is 9.00. The number of benzene rings is 1. The summed E-state index contributed by atoms with van der Waals surface area (Å²) in [5.41, 5.74) is 6.79. The molecule has 24 heavy (non-hydrogen) atoms. The van der Waals surface area contributed by atoms with Crippen LogP contribution in [-0.4, -0.2) is 27.0 Å². The third kappa shape index (κ3) is 3.15. The third-order valence-electron chi connectivity index (χ3n) is 4.28. The Hall–Kier alpha value is -2.69. The highest BCUT2D eigenvalue weighted by molar-refractivity contribution is 5.48. The molecule has 0 aliphatic heterocycles. The predicted molar refractivity (Wildman–Crippen MR) is 96.7 cm³/mol. The molecule has 0 aliphatic rings. The van der Waals surface area contributed by atoms with E-state index in [-0.39, 0.29) is 0 Å². The van der Waals surface area contributed by atoms with Gasteiger partial charge in [0.15, 0.2) is 5.82 Å². The van der Waals surface area contributed by atoms with Crippen molar-refractivity contribution in [1.29, 1.82) is 0 Å². The zero-order chi connectivity index (χ0) is 17.3. The van der Waals surface area contributed by atoms with E-state index in [1.54, 1.807) is 6.20 Å². The molecular weight excluding hydrogens is 298 g/mol. The minimum absolute atomic E-state index is 0.770. The molecule has 5 nitrogen and oxygen atoms in total. The molecule has 3 rings (SSSR count). The van der Waals surface area contributed by atoms with E-state index in [0.717, 1.165) is 35.0 Å². The van der Waals surface area contributed by atoms with Crippen LogP contribution in [0.2, 0.25) is 0 Å². The molecule has 0 atom stereocenters. The van der Waals surface area contributed by atoms with Gasteiger partial charge in [0.25, 0.3) is 0 Å². The van der Waals surface area contributed by atoms with Crippen LogP contribution in [0.4, 0.5) is 5.82 Å². The van der Waals surface area contributed by atoms with Crippen LogP contribution in [0.3, 0.4) is 0 Å². The number of hydrogen-bond donors (Lipinski definition) is 0. The topological polar surface area (TPSA) is 46.8 Å². The van der Waals surface area contributed by atoms with E-state index in [1.165, 1.54) is 11.1 Å². The van der Waals surface area contributed by atoms with Gasteiger partial charge in [-0.05, 0) is 62.6 Å². The molecule has 3 aromatic rings. The van der Waals surface area contributed by atoms with Gasteiger partial charge in [0.05, 0.1) is 17.6 Å². The lowest BCUT2D eigenvalue weighted by Crippen LogP contribution is -2.20. The first-order chi connectivity index (χ1) is 11.5. The summed E-state index contributed by atoms with van der Waals surface area (Å²) in [6, 6.07) is 10.5. The van der Waals surface area contributed by atoms with Crippen molar-refractivity contribution in [2.24, 2.45) is 0 Å². The molecule has 0 saturated carbocycles. The first kappa shape index (κ1) is 16.2. The number of hydrogen-bond acceptors (Lipinski definition) is 4. The zero-order valence-corrected chi connectivity index (χ0v) is 14.9. The van der Waals surface area contributed by atoms with Gasteiger partial charge in [-0.1, -0.05) is 12.1 Å². The Morgan fingerprint density at radius 2 is 1.88 bits per heavy atom. The van der Waals surface area contributed by atoms with E-state index in [2.05, 4.69) is 71.3 Å². The standard InChI is InChI=1S/C19H23N5/c1-13-11-20-21-19(16(13)4)23(5)12-17-7-6-8-18(10-17)24-15(3)9-14(2)22-24/h6-11H,12H2,1-5H3. The van der Waals surface area contributed by atoms with Crippen LogP contribution in [0, 0.1) is 27.7 Å². The Bertz CT molecular complexity index is 866. The van der Waals surface area contributed by atoms with Gasteiger partial charge < -0.3 is 4.90 Å². The first-order valence-electron chi connectivity index (χ1n) is 8.08. The highest BCUT2D eigenvalue weighted by atomic mass is 15.3. The summed E-state index contributed by atoms with van der Waals surface area (Å²) in [5.74, 6) is 0.923. The molecule has 0 fully saturated rings. The molecular formula is C19H23N5. The van der Waals surface area contributed by atoms with E-state index in [0.29, 0.717) is 0 Å². The summed E-state index contributed by atoms with van der Waals surface area (Å²) in [7, 11) is 2.05. The maximum atomic E-state index is 4.57. The van der Waals surface area contributed by atoms with Crippen molar-refractivity contribution < 1.29 is 0 Å². The Morgan fingerprint density at radius 3 is 2.58 bits per heavy atom. The van der Waals surface area contributed by atoms with E-state index < -0.39 is 0 Å². The molecule has 1 aromatic carbocycles. The van der Waals surface area contributed by atoms with Crippen LogP contribution in [0.25, 0.3) is 5.69 Å². The fourth-order valence-corrected chi connectivity index (χ4v) is 2.91. The summed E-state index contributed by atoms with van der Waals surface area (Å²) in [5, 5.41) is 12.9. The molecule has 0 bridgehead atoms. The van der Waals surface area contributed by atoms with E-state index >= 15 is 0 Å². The summed E-state index contributed by atoms with van der Waals surface area (Å²) < 4.78 is 1.98. The molecule has 0 aliphatic carbocycles. The fraction of sp³-hybridized carbons (Fsp3) is 0.316. The Labute approximate surface area is 143 Å². The third-order valence-corrected chi connectivity index (χ3v) is 4.28. The monoisotopic (exact) mass is 321 g/mol. The van der Waals surface area contributed by atoms with Gasteiger partial charge in [0.1, 0.15) is 0 Å². The molecule has 5 heteroatoms. The van der Waals surface area contributed by atoms with Crippen molar-refractivity contribution in [1.82, 2.24) is 20.0 Å². The predicted octanol–water partition coefficient (Wildman–Crippen LogP) is 3.53. The number of nitrogens with zero attached hydrogens (tertiary/aromatic N) is 5. The number of rotatable bonds is 4. The van der Waals surface area contributed by atoms with Crippen molar-refractivity contribution in [3.05, 3.63) is 64.6 Å². The lowest BCUT2D eigenvalue weighted by molar-refractivity contribution is 0.823. The quantitative estimate of drug-likeness (QED) is 0.737. The minimum atomic E-state index is 0.770. The molecule has 124 valence electrons. The van der Waals surface area contributed by atoms with Crippen LogP contribution >= 0.6 is 0 Å². The molecule has 0 unspecified atom stereocenters. The van der Waals surface area contributed by atoms with Crippen molar-refractivity contribution in [3.8, 4) is 5.69 Å². The second-order valence-corrected chi connectivity index (χ2v) is 6.34. The van der Waals surface area contributed by atoms with Gasteiger partial charge in [-0.15, -0.1) is 5.10 Å². The molecule has 0 amide bonds. The average Bonchev–Trinajstić information content (AvgIpc) is 2.89. The first-order valence-corrected chi connectivity index (χ1v) is 8.08. The van der Waals surface area contributed by atoms with Crippen molar-refractivity contribution >= 4 is 5.82 Å². The molecule has 0 radical (unpaired) electrons. The molecule has 2 aromatic heterocycles. The molecule has 0 spiro atoms. The Balaban J connectivity index is 1.87. The van der Waals surface area contributed by atoms with E-state index in [9.17, 15) is 0 Å². The van der Waals surface area contributed by atoms with Crippen LogP contribution in [0.15, 0.2) is 36.5 Å². The highest BCUT2D eigenvalue weighted by Gasteiger charge is 2.10. The zero-order valence-electron chi connectivity index (χ0n) is 14.9. The van der Waals surface area contributed by atoms with Gasteiger partial charge in [-0.2, -0.15) is 10.2 Å². The summed E-state index contributed by atoms with van der Waals surface area (Å²) in [4.78, 5) is 2.13. The molecule has 2 heterocycles. The molecule has 0 N–H and O–H groups in total. The van der Waals surface area contributed by atoms with E-state index in [4.69, 9.17) is 0 Å². The second-order valence-electron chi connectivity index (χ2n) is 6.34. The normalized spacial score (nSPS) is 10.9. The van der Waals surface area contributed by atoms with Crippen molar-refractivity contribution in [3.63, 3.8) is 0 Å². The SMILES string of the molecule is Cc1cc(C)n(-c2cccc(CN(C)c3nncc(C)c3C)c2)n1. The maximum Gasteiger partial charge on any atom is 0.154 e. The van der Waals surface area contributed by atoms with Gasteiger partial charge >= 0.3 is 0 Å². The molecule has 0 saturated heterocycles. The van der Waals surface area contributed by atoms with Crippen LogP contribution in [-0.2, 0) is 6.54 Å². The van der Waals surface area contributed by atoms with Crippen LogP contribution in [0.1, 0.15) is 28.1 Å². The lowest BCUT2D eigenvalue weighted by atomic mass is 10.1. The fourth-order valence-electron chi connectivity index (χ4n) is 2.91. The van der Waals surface area contributed by atoms with Gasteiger partial charge in [0.2, 0.25) is 0 Å². The van der Waals surface area contributed by atoms with Gasteiger partial charge in [-0.3, -0.25) is 0 Å². The highest BCUT2D eigenvalue weighted by Crippen LogP contribution is 2.20. The summed E-state index contributed by atoms with van der Waals surface area (Å²) >= 11 is 0. The Morgan fingerprint density at radius 1 is 1.08 bits per heavy atom. The smallest absolute Gasteiger partial charge is 0.154 e. The van der Waals surface area contributed by atoms with Crippen LogP contribution < -0.4 is 4.90 Å². The average molecular weight is 321 g/mol. The van der Waals surface area contributed by atoms with Gasteiger partial charge in [-0.25, -0.2) is 4.68 Å². The van der Waals surface area contributed by atoms with Gasteiger partial charge in [0, 0.05) is 19.3 Å². The minimum Gasteiger partial charge on any atom is -0.354 e. The van der Waals surface area contributed by atoms with Crippen molar-refractivity contribution in [2.45, 2.75) is 34.2 Å². The Kier molecular flexibility index (Phi) is 4.34. The van der Waals surface area contributed by atoms with Crippen LogP contribution in [0.5, 0.6) is 0 Å². The number of aryl methyl sites for hydroxylation is 3. The lowest BCUT2D eigenvalue weighted by Gasteiger charge is -2.20. The summed E-state index contributed by atoms with van der Waals surface area (Å²) in [6.07, 6.45) is 1.80. The maximum absolute atomic E-state index is 4.57. The van der Waals surface area contributed by atoms with E-state index in [1.807, 2.05) is 18.7 Å². The number of aromatic nitrogens is 4.